The Kier molecular flexibility index (Phi) is 4.86. The highest BCUT2D eigenvalue weighted by Gasteiger charge is 2.10. The molecule has 0 bridgehead atoms. The van der Waals surface area contributed by atoms with Crippen LogP contribution in [0.1, 0.15) is 22.0 Å². The minimum atomic E-state index is -0.807. The number of nitrogens with one attached hydrogen (secondary N) is 2. The molecule has 0 aliphatic rings. The number of hydrogen-bond acceptors (Lipinski definition) is 4. The van der Waals surface area contributed by atoms with E-state index < -0.39 is 6.10 Å². The van der Waals surface area contributed by atoms with Gasteiger partial charge in [0, 0.05) is 17.6 Å². The van der Waals surface area contributed by atoms with Crippen LogP contribution in [0.4, 0.5) is 5.69 Å². The van der Waals surface area contributed by atoms with Crippen molar-refractivity contribution >= 4 is 29.3 Å². The van der Waals surface area contributed by atoms with Crippen LogP contribution in [-0.4, -0.2) is 24.0 Å². The molecule has 6 heteroatoms. The van der Waals surface area contributed by atoms with Gasteiger partial charge in [0.05, 0.1) is 11.7 Å². The summed E-state index contributed by atoms with van der Waals surface area (Å²) >= 11 is 1.45. The van der Waals surface area contributed by atoms with Crippen molar-refractivity contribution in [2.75, 3.05) is 11.9 Å². The molecule has 0 radical (unpaired) electrons. The largest absolute Gasteiger partial charge is 0.387 e. The molecule has 1 heterocycles. The number of aliphatic hydroxyl groups excluding tert-OH is 1. The van der Waals surface area contributed by atoms with Crippen LogP contribution < -0.4 is 10.6 Å². The normalized spacial score (nSPS) is 11.7. The maximum absolute atomic E-state index is 11.9. The molecule has 2 amide bonds. The van der Waals surface area contributed by atoms with Crippen LogP contribution >= 0.6 is 11.3 Å². The first kappa shape index (κ1) is 14.2. The molecule has 0 fully saturated rings. The third-order valence-electron chi connectivity index (χ3n) is 2.71. The first-order chi connectivity index (χ1) is 9.70. The van der Waals surface area contributed by atoms with E-state index in [1.165, 1.54) is 11.3 Å². The lowest BCUT2D eigenvalue weighted by atomic mass is 10.1. The summed E-state index contributed by atoms with van der Waals surface area (Å²) in [6, 6.07) is 8.64. The lowest BCUT2D eigenvalue weighted by Gasteiger charge is -2.12. The average Bonchev–Trinajstić information content (AvgIpc) is 2.99. The van der Waals surface area contributed by atoms with E-state index in [0.29, 0.717) is 23.2 Å². The molecular weight excluding hydrogens is 276 g/mol. The van der Waals surface area contributed by atoms with Gasteiger partial charge < -0.3 is 15.7 Å². The molecule has 3 N–H and O–H groups in total. The summed E-state index contributed by atoms with van der Waals surface area (Å²) in [6.45, 7) is 0.130. The van der Waals surface area contributed by atoms with Gasteiger partial charge in [-0.1, -0.05) is 12.1 Å². The maximum Gasteiger partial charge on any atom is 0.256 e. The lowest BCUT2D eigenvalue weighted by Crippen LogP contribution is -2.19. The summed E-state index contributed by atoms with van der Waals surface area (Å²) in [6.07, 6.45) is -0.274. The van der Waals surface area contributed by atoms with Gasteiger partial charge in [0.25, 0.3) is 5.91 Å². The van der Waals surface area contributed by atoms with Crippen LogP contribution in [0.2, 0.25) is 0 Å². The Morgan fingerprint density at radius 1 is 1.40 bits per heavy atom. The Morgan fingerprint density at radius 2 is 2.25 bits per heavy atom. The summed E-state index contributed by atoms with van der Waals surface area (Å²) in [5.74, 6) is -0.191. The van der Waals surface area contributed by atoms with Crippen molar-refractivity contribution in [3.63, 3.8) is 0 Å². The molecule has 0 aliphatic heterocycles. The van der Waals surface area contributed by atoms with Crippen molar-refractivity contribution in [2.45, 2.75) is 6.10 Å². The molecule has 20 heavy (non-hydrogen) atoms. The van der Waals surface area contributed by atoms with Gasteiger partial charge in [-0.25, -0.2) is 0 Å². The molecule has 0 saturated carbocycles. The first-order valence-corrected chi connectivity index (χ1v) is 6.93. The van der Waals surface area contributed by atoms with Crippen LogP contribution in [0.3, 0.4) is 0 Å². The highest BCUT2D eigenvalue weighted by Crippen LogP contribution is 2.18. The molecule has 0 saturated heterocycles. The SMILES string of the molecule is O=CNCC(O)c1cccc(NC(=O)c2ccsc2)c1. The molecule has 1 aromatic heterocycles. The van der Waals surface area contributed by atoms with Crippen molar-refractivity contribution < 1.29 is 14.7 Å². The van der Waals surface area contributed by atoms with E-state index in [-0.39, 0.29) is 12.5 Å². The number of hydrogen-bond donors (Lipinski definition) is 3. The van der Waals surface area contributed by atoms with E-state index in [0.717, 1.165) is 0 Å². The molecular formula is C14H14N2O3S. The molecule has 0 aliphatic carbocycles. The van der Waals surface area contributed by atoms with Gasteiger partial charge >= 0.3 is 0 Å². The van der Waals surface area contributed by atoms with Gasteiger partial charge in [0.1, 0.15) is 0 Å². The topological polar surface area (TPSA) is 78.4 Å². The summed E-state index contributed by atoms with van der Waals surface area (Å²) in [7, 11) is 0. The van der Waals surface area contributed by atoms with E-state index in [1.54, 1.807) is 35.7 Å². The highest BCUT2D eigenvalue weighted by molar-refractivity contribution is 7.08. The van der Waals surface area contributed by atoms with Gasteiger partial charge in [-0.3, -0.25) is 9.59 Å². The molecule has 1 unspecified atom stereocenters. The number of carbonyl (C=O) groups is 2. The molecule has 0 spiro atoms. The van der Waals surface area contributed by atoms with Crippen LogP contribution in [0.15, 0.2) is 41.1 Å². The molecule has 5 nitrogen and oxygen atoms in total. The van der Waals surface area contributed by atoms with Crippen LogP contribution in [-0.2, 0) is 4.79 Å². The van der Waals surface area contributed by atoms with Gasteiger partial charge in [-0.05, 0) is 29.1 Å². The summed E-state index contributed by atoms with van der Waals surface area (Å²) in [4.78, 5) is 22.1. The predicted molar refractivity (Wildman–Crippen MR) is 77.7 cm³/mol. The third kappa shape index (κ3) is 3.66. The van der Waals surface area contributed by atoms with Gasteiger partial charge in [0.2, 0.25) is 6.41 Å². The van der Waals surface area contributed by atoms with Crippen LogP contribution in [0, 0.1) is 0 Å². The molecule has 104 valence electrons. The predicted octanol–water partition coefficient (Wildman–Crippen LogP) is 1.78. The first-order valence-electron chi connectivity index (χ1n) is 5.99. The summed E-state index contributed by atoms with van der Waals surface area (Å²) in [5.41, 5.74) is 1.83. The Hall–Kier alpha value is -2.18. The Bertz CT molecular complexity index is 584. The van der Waals surface area contributed by atoms with Crippen molar-refractivity contribution in [3.8, 4) is 0 Å². The molecule has 1 aromatic carbocycles. The molecule has 2 aromatic rings. The number of rotatable bonds is 6. The number of carbonyl (C=O) groups excluding carboxylic acids is 2. The maximum atomic E-state index is 11.9. The monoisotopic (exact) mass is 290 g/mol. The second kappa shape index (κ2) is 6.83. The fraction of sp³-hybridized carbons (Fsp3) is 0.143. The van der Waals surface area contributed by atoms with Gasteiger partial charge in [-0.2, -0.15) is 11.3 Å². The quantitative estimate of drug-likeness (QED) is 0.710. The minimum Gasteiger partial charge on any atom is -0.387 e. The average molecular weight is 290 g/mol. The summed E-state index contributed by atoms with van der Waals surface area (Å²) in [5, 5.41) is 18.6. The Balaban J connectivity index is 2.06. The second-order valence-electron chi connectivity index (χ2n) is 4.13. The number of amides is 2. The van der Waals surface area contributed by atoms with Crippen molar-refractivity contribution in [1.82, 2.24) is 5.32 Å². The summed E-state index contributed by atoms with van der Waals surface area (Å²) < 4.78 is 0. The van der Waals surface area contributed by atoms with E-state index in [1.807, 2.05) is 5.38 Å². The fourth-order valence-electron chi connectivity index (χ4n) is 1.70. The van der Waals surface area contributed by atoms with Gasteiger partial charge in [-0.15, -0.1) is 0 Å². The minimum absolute atomic E-state index is 0.130. The zero-order chi connectivity index (χ0) is 14.4. The van der Waals surface area contributed by atoms with Crippen molar-refractivity contribution in [2.24, 2.45) is 0 Å². The van der Waals surface area contributed by atoms with E-state index in [9.17, 15) is 14.7 Å². The Morgan fingerprint density at radius 3 is 2.95 bits per heavy atom. The number of aliphatic hydroxyl groups is 1. The lowest BCUT2D eigenvalue weighted by molar-refractivity contribution is -0.109. The number of thiophene rings is 1. The fourth-order valence-corrected chi connectivity index (χ4v) is 2.33. The second-order valence-corrected chi connectivity index (χ2v) is 4.91. The van der Waals surface area contributed by atoms with Crippen molar-refractivity contribution in [3.05, 3.63) is 52.2 Å². The van der Waals surface area contributed by atoms with Crippen LogP contribution in [0.5, 0.6) is 0 Å². The van der Waals surface area contributed by atoms with E-state index in [4.69, 9.17) is 0 Å². The zero-order valence-electron chi connectivity index (χ0n) is 10.6. The van der Waals surface area contributed by atoms with E-state index >= 15 is 0 Å². The Labute approximate surface area is 120 Å². The van der Waals surface area contributed by atoms with Crippen molar-refractivity contribution in [1.29, 1.82) is 0 Å². The standard InChI is InChI=1S/C14H14N2O3S/c17-9-15-7-13(18)10-2-1-3-12(6-10)16-14(19)11-4-5-20-8-11/h1-6,8-9,13,18H,7H2,(H,15,17)(H,16,19). The van der Waals surface area contributed by atoms with Gasteiger partial charge in [0.15, 0.2) is 0 Å². The molecule has 2 rings (SSSR count). The molecule has 1 atom stereocenters. The smallest absolute Gasteiger partial charge is 0.256 e. The zero-order valence-corrected chi connectivity index (χ0v) is 11.4. The van der Waals surface area contributed by atoms with E-state index in [2.05, 4.69) is 10.6 Å². The third-order valence-corrected chi connectivity index (χ3v) is 3.39. The van der Waals surface area contributed by atoms with Crippen LogP contribution in [0.25, 0.3) is 0 Å². The number of anilines is 1. The number of benzene rings is 1. The highest BCUT2D eigenvalue weighted by atomic mass is 32.1.